The topological polar surface area (TPSA) is 69.8 Å². The first-order valence-electron chi connectivity index (χ1n) is 7.88. The summed E-state index contributed by atoms with van der Waals surface area (Å²) in [4.78, 5) is 33.8. The molecule has 0 atom stereocenters. The summed E-state index contributed by atoms with van der Waals surface area (Å²) in [6, 6.07) is 0. The maximum Gasteiger partial charge on any atom is 0.232 e. The number of aromatic nitrogens is 4. The van der Waals surface area contributed by atoms with Crippen LogP contribution in [0.4, 0.5) is 0 Å². The second kappa shape index (κ2) is 5.87. The fourth-order valence-electron chi connectivity index (χ4n) is 2.79. The highest BCUT2D eigenvalue weighted by atomic mass is 16.1. The van der Waals surface area contributed by atoms with Gasteiger partial charge >= 0.3 is 0 Å². The minimum atomic E-state index is -0.187. The lowest BCUT2D eigenvalue weighted by Gasteiger charge is -2.14. The zero-order chi connectivity index (χ0) is 15.7. The van der Waals surface area contributed by atoms with Crippen molar-refractivity contribution < 1.29 is 9.59 Å². The van der Waals surface area contributed by atoms with Gasteiger partial charge < -0.3 is 9.13 Å². The Morgan fingerprint density at radius 3 is 1.59 bits per heavy atom. The van der Waals surface area contributed by atoms with E-state index in [9.17, 15) is 9.59 Å². The van der Waals surface area contributed by atoms with Crippen LogP contribution in [-0.2, 0) is 13.1 Å². The Labute approximate surface area is 129 Å². The zero-order valence-corrected chi connectivity index (χ0v) is 13.0. The fraction of sp³-hybridized carbons (Fsp3) is 0.500. The summed E-state index contributed by atoms with van der Waals surface area (Å²) >= 11 is 0. The van der Waals surface area contributed by atoms with Crippen LogP contribution < -0.4 is 0 Å². The van der Waals surface area contributed by atoms with E-state index in [4.69, 9.17) is 0 Å². The fourth-order valence-corrected chi connectivity index (χ4v) is 2.79. The number of carbonyl (C=O) groups excluding carboxylic acids is 2. The van der Waals surface area contributed by atoms with Gasteiger partial charge in [0.15, 0.2) is 0 Å². The number of hydrogen-bond acceptors (Lipinski definition) is 4. The molecule has 6 nitrogen and oxygen atoms in total. The smallest absolute Gasteiger partial charge is 0.232 e. The number of imidazole rings is 2. The van der Waals surface area contributed by atoms with Crippen LogP contribution in [-0.4, -0.2) is 30.7 Å². The van der Waals surface area contributed by atoms with Crippen molar-refractivity contribution >= 4 is 11.6 Å². The number of carbonyl (C=O) groups is 2. The van der Waals surface area contributed by atoms with Crippen LogP contribution >= 0.6 is 0 Å². The van der Waals surface area contributed by atoms with E-state index >= 15 is 0 Å². The summed E-state index contributed by atoms with van der Waals surface area (Å²) in [5.74, 6) is -0.373. The average Bonchev–Trinajstić information content (AvgIpc) is 3.13. The van der Waals surface area contributed by atoms with E-state index in [1.54, 1.807) is 21.8 Å². The zero-order valence-electron chi connectivity index (χ0n) is 13.0. The van der Waals surface area contributed by atoms with Crippen LogP contribution in [0.5, 0.6) is 0 Å². The predicted molar refractivity (Wildman–Crippen MR) is 81.1 cm³/mol. The molecule has 0 aromatic carbocycles. The quantitative estimate of drug-likeness (QED) is 0.701. The van der Waals surface area contributed by atoms with Gasteiger partial charge in [0.25, 0.3) is 0 Å². The molecule has 0 saturated heterocycles. The van der Waals surface area contributed by atoms with Gasteiger partial charge in [-0.05, 0) is 12.8 Å². The van der Waals surface area contributed by atoms with Crippen molar-refractivity contribution in [2.24, 2.45) is 0 Å². The Morgan fingerprint density at radius 1 is 0.818 bits per heavy atom. The van der Waals surface area contributed by atoms with Crippen molar-refractivity contribution in [2.45, 2.75) is 52.6 Å². The van der Waals surface area contributed by atoms with E-state index in [1.807, 2.05) is 0 Å². The minimum absolute atomic E-state index is 0.187. The van der Waals surface area contributed by atoms with Gasteiger partial charge in [-0.15, -0.1) is 0 Å². The Hall–Kier alpha value is -2.24. The molecule has 3 rings (SSSR count). The molecule has 2 aromatic rings. The molecule has 0 spiro atoms. The van der Waals surface area contributed by atoms with E-state index in [0.29, 0.717) is 24.5 Å². The standard InChI is InChI=1S/C16H20N4O2/c1-3-5-7-19-9-17-11-13(19)15(21)12-14(16(11)22)20(10-18-12)8-6-4-2/h9-10H,3-8H2,1-2H3. The SMILES string of the molecule is CCCCn1cnc2c1C(=O)c1ncn(CCCC)c1C2=O. The van der Waals surface area contributed by atoms with E-state index in [1.165, 1.54) is 0 Å². The van der Waals surface area contributed by atoms with Crippen molar-refractivity contribution in [1.82, 2.24) is 19.1 Å². The molecule has 6 heteroatoms. The number of ketones is 2. The molecule has 0 amide bonds. The molecule has 1 aliphatic carbocycles. The van der Waals surface area contributed by atoms with Crippen molar-refractivity contribution in [2.75, 3.05) is 0 Å². The van der Waals surface area contributed by atoms with Gasteiger partial charge in [0, 0.05) is 13.1 Å². The molecule has 2 aromatic heterocycles. The van der Waals surface area contributed by atoms with Crippen LogP contribution in [0.2, 0.25) is 0 Å². The van der Waals surface area contributed by atoms with Gasteiger partial charge in [-0.2, -0.15) is 0 Å². The lowest BCUT2D eigenvalue weighted by Crippen LogP contribution is -2.25. The molecule has 116 valence electrons. The highest BCUT2D eigenvalue weighted by Crippen LogP contribution is 2.26. The first-order chi connectivity index (χ1) is 10.7. The lowest BCUT2D eigenvalue weighted by atomic mass is 9.98. The third-order valence-corrected chi connectivity index (χ3v) is 4.04. The summed E-state index contributed by atoms with van der Waals surface area (Å²) in [5.41, 5.74) is 1.33. The minimum Gasteiger partial charge on any atom is -0.327 e. The molecule has 2 heterocycles. The van der Waals surface area contributed by atoms with E-state index in [-0.39, 0.29) is 23.0 Å². The van der Waals surface area contributed by atoms with Crippen molar-refractivity contribution in [3.8, 4) is 0 Å². The third-order valence-electron chi connectivity index (χ3n) is 4.04. The van der Waals surface area contributed by atoms with Gasteiger partial charge in [0.2, 0.25) is 11.6 Å². The van der Waals surface area contributed by atoms with Crippen LogP contribution in [0.1, 0.15) is 71.9 Å². The number of unbranched alkanes of at least 4 members (excludes halogenated alkanes) is 2. The summed E-state index contributed by atoms with van der Waals surface area (Å²) in [5, 5.41) is 0. The largest absolute Gasteiger partial charge is 0.327 e. The van der Waals surface area contributed by atoms with Gasteiger partial charge in [0.1, 0.15) is 22.8 Å². The molecule has 1 aliphatic rings. The van der Waals surface area contributed by atoms with Gasteiger partial charge in [-0.1, -0.05) is 26.7 Å². The molecule has 22 heavy (non-hydrogen) atoms. The van der Waals surface area contributed by atoms with Gasteiger partial charge in [-0.3, -0.25) is 9.59 Å². The van der Waals surface area contributed by atoms with Crippen molar-refractivity contribution in [1.29, 1.82) is 0 Å². The van der Waals surface area contributed by atoms with Crippen molar-refractivity contribution in [3.63, 3.8) is 0 Å². The number of hydrogen-bond donors (Lipinski definition) is 0. The summed E-state index contributed by atoms with van der Waals surface area (Å²) in [7, 11) is 0. The van der Waals surface area contributed by atoms with Crippen molar-refractivity contribution in [3.05, 3.63) is 35.4 Å². The van der Waals surface area contributed by atoms with Crippen LogP contribution in [0.3, 0.4) is 0 Å². The Balaban J connectivity index is 2.01. The Morgan fingerprint density at radius 2 is 1.23 bits per heavy atom. The number of nitrogens with zero attached hydrogens (tertiary/aromatic N) is 4. The van der Waals surface area contributed by atoms with Gasteiger partial charge in [-0.25, -0.2) is 9.97 Å². The van der Waals surface area contributed by atoms with E-state index in [2.05, 4.69) is 23.8 Å². The molecule has 0 radical (unpaired) electrons. The summed E-state index contributed by atoms with van der Waals surface area (Å²) < 4.78 is 3.57. The second-order valence-corrected chi connectivity index (χ2v) is 5.64. The molecule has 0 aliphatic heterocycles. The number of aryl methyl sites for hydroxylation is 2. The van der Waals surface area contributed by atoms with E-state index < -0.39 is 0 Å². The highest BCUT2D eigenvalue weighted by Gasteiger charge is 2.37. The van der Waals surface area contributed by atoms with Crippen LogP contribution in [0.15, 0.2) is 12.7 Å². The summed E-state index contributed by atoms with van der Waals surface area (Å²) in [6.45, 7) is 5.57. The predicted octanol–water partition coefficient (Wildman–Crippen LogP) is 2.46. The maximum absolute atomic E-state index is 12.7. The average molecular weight is 300 g/mol. The Kier molecular flexibility index (Phi) is 3.92. The monoisotopic (exact) mass is 300 g/mol. The van der Waals surface area contributed by atoms with E-state index in [0.717, 1.165) is 25.7 Å². The summed E-state index contributed by atoms with van der Waals surface area (Å²) in [6.07, 6.45) is 7.12. The first-order valence-corrected chi connectivity index (χ1v) is 7.88. The molecule has 0 unspecified atom stereocenters. The molecular formula is C16H20N4O2. The third kappa shape index (κ3) is 2.19. The first kappa shape index (κ1) is 14.7. The Bertz CT molecular complexity index is 664. The second-order valence-electron chi connectivity index (χ2n) is 5.64. The van der Waals surface area contributed by atoms with Crippen LogP contribution in [0, 0.1) is 0 Å². The van der Waals surface area contributed by atoms with Crippen LogP contribution in [0.25, 0.3) is 0 Å². The normalized spacial score (nSPS) is 13.4. The maximum atomic E-state index is 12.7. The molecular weight excluding hydrogens is 280 g/mol. The number of fused-ring (bicyclic) bond motifs is 2. The molecule has 0 fully saturated rings. The highest BCUT2D eigenvalue weighted by molar-refractivity contribution is 6.25. The molecule has 0 bridgehead atoms. The number of rotatable bonds is 6. The lowest BCUT2D eigenvalue weighted by molar-refractivity contribution is 0.0962. The van der Waals surface area contributed by atoms with Gasteiger partial charge in [0.05, 0.1) is 12.7 Å². The molecule has 0 N–H and O–H groups in total. The molecule has 0 saturated carbocycles.